The molecule has 0 radical (unpaired) electrons. The van der Waals surface area contributed by atoms with E-state index in [1.54, 1.807) is 6.08 Å². The second-order valence-electron chi connectivity index (χ2n) is 9.71. The molecule has 0 saturated heterocycles. The summed E-state index contributed by atoms with van der Waals surface area (Å²) in [5, 5.41) is 20.6. The van der Waals surface area contributed by atoms with Crippen molar-refractivity contribution in [2.24, 2.45) is 40.4 Å². The van der Waals surface area contributed by atoms with Crippen molar-refractivity contribution in [3.8, 4) is 0 Å². The van der Waals surface area contributed by atoms with Crippen LogP contribution in [0.4, 0.5) is 4.39 Å². The molecule has 3 fully saturated rings. The molecule has 0 aromatic rings. The quantitative estimate of drug-likeness (QED) is 0.777. The van der Waals surface area contributed by atoms with Gasteiger partial charge >= 0.3 is 0 Å². The number of aliphatic hydroxyl groups is 2. The van der Waals surface area contributed by atoms with Gasteiger partial charge in [-0.3, -0.25) is 9.59 Å². The summed E-state index contributed by atoms with van der Waals surface area (Å²) in [5.41, 5.74) is -0.599. The third-order valence-electron chi connectivity index (χ3n) is 8.32. The second kappa shape index (κ2) is 6.08. The highest BCUT2D eigenvalue weighted by molar-refractivity contribution is 6.01. The van der Waals surface area contributed by atoms with E-state index in [1.165, 1.54) is 12.2 Å². The van der Waals surface area contributed by atoms with Gasteiger partial charge in [-0.1, -0.05) is 26.8 Å². The molecule has 27 heavy (non-hydrogen) atoms. The van der Waals surface area contributed by atoms with Crippen molar-refractivity contribution in [1.82, 2.24) is 0 Å². The maximum atomic E-state index is 15.2. The van der Waals surface area contributed by atoms with E-state index in [1.807, 2.05) is 20.8 Å². The molecule has 2 N–H and O–H groups in total. The fourth-order valence-electron chi connectivity index (χ4n) is 7.49. The van der Waals surface area contributed by atoms with Crippen molar-refractivity contribution in [3.05, 3.63) is 23.8 Å². The van der Waals surface area contributed by atoms with Crippen molar-refractivity contribution in [1.29, 1.82) is 0 Å². The Morgan fingerprint density at radius 2 is 2.04 bits per heavy atom. The van der Waals surface area contributed by atoms with Gasteiger partial charge in [0.15, 0.2) is 11.6 Å². The van der Waals surface area contributed by atoms with Gasteiger partial charge in [0.1, 0.15) is 12.8 Å². The zero-order valence-corrected chi connectivity index (χ0v) is 16.2. The van der Waals surface area contributed by atoms with Gasteiger partial charge in [0.05, 0.1) is 6.10 Å². The van der Waals surface area contributed by atoms with Crippen LogP contribution < -0.4 is 0 Å². The van der Waals surface area contributed by atoms with E-state index in [2.05, 4.69) is 0 Å². The summed E-state index contributed by atoms with van der Waals surface area (Å²) in [5.74, 6) is -0.626. The molecule has 0 aromatic carbocycles. The monoisotopic (exact) mass is 376 g/mol. The summed E-state index contributed by atoms with van der Waals surface area (Å²) in [7, 11) is 0. The number of hydrogen-bond donors (Lipinski definition) is 2. The van der Waals surface area contributed by atoms with Gasteiger partial charge in [0.2, 0.25) is 0 Å². The molecule has 0 unspecified atom stereocenters. The van der Waals surface area contributed by atoms with Gasteiger partial charge in [-0.2, -0.15) is 0 Å². The first-order chi connectivity index (χ1) is 12.6. The molecule has 0 aromatic heterocycles. The molecule has 5 heteroatoms. The number of carbonyl (C=O) groups excluding carboxylic acids is 2. The molecular weight excluding hydrogens is 347 g/mol. The number of alkyl halides is 1. The minimum atomic E-state index is -1.21. The lowest BCUT2D eigenvalue weighted by molar-refractivity contribution is -0.144. The van der Waals surface area contributed by atoms with E-state index >= 15 is 4.39 Å². The number of Topliss-reactive ketones (excluding diaryl/α,β-unsaturated/α-hetero) is 1. The van der Waals surface area contributed by atoms with E-state index in [9.17, 15) is 19.8 Å². The number of carbonyl (C=O) groups is 2. The van der Waals surface area contributed by atoms with Crippen molar-refractivity contribution in [2.45, 2.75) is 52.3 Å². The number of hydrogen-bond acceptors (Lipinski definition) is 4. The SMILES string of the molecule is C[C@H]1C[C@H]2[C@@H]3C[C@H](F)C4=CC(=O)C=C[C@]4(C)[C@H]3[C@@H](O)C[C@]2(C)[C@H]1C(=O)CO. The Morgan fingerprint density at radius 1 is 1.33 bits per heavy atom. The Hall–Kier alpha value is -1.33. The zero-order valence-electron chi connectivity index (χ0n) is 16.2. The normalized spacial score (nSPS) is 51.3. The Labute approximate surface area is 159 Å². The molecule has 4 rings (SSSR count). The molecule has 4 nitrogen and oxygen atoms in total. The Balaban J connectivity index is 1.77. The van der Waals surface area contributed by atoms with Gasteiger partial charge in [0, 0.05) is 17.3 Å². The first-order valence-electron chi connectivity index (χ1n) is 10.0. The van der Waals surface area contributed by atoms with Crippen LogP contribution in [0.2, 0.25) is 0 Å². The highest BCUT2D eigenvalue weighted by atomic mass is 19.1. The number of rotatable bonds is 2. The number of halogens is 1. The highest BCUT2D eigenvalue weighted by Crippen LogP contribution is 2.67. The molecule has 0 heterocycles. The average Bonchev–Trinajstić information content (AvgIpc) is 2.85. The summed E-state index contributed by atoms with van der Waals surface area (Å²) in [6.45, 7) is 5.53. The van der Waals surface area contributed by atoms with Crippen LogP contribution in [0.25, 0.3) is 0 Å². The van der Waals surface area contributed by atoms with Crippen LogP contribution in [0.5, 0.6) is 0 Å². The van der Waals surface area contributed by atoms with Crippen LogP contribution in [0.1, 0.15) is 40.0 Å². The zero-order chi connectivity index (χ0) is 19.7. The summed E-state index contributed by atoms with van der Waals surface area (Å²) in [4.78, 5) is 24.3. The van der Waals surface area contributed by atoms with Crippen molar-refractivity contribution in [2.75, 3.05) is 6.61 Å². The van der Waals surface area contributed by atoms with Crippen LogP contribution in [-0.4, -0.2) is 40.7 Å². The number of ketones is 2. The van der Waals surface area contributed by atoms with E-state index < -0.39 is 29.7 Å². The van der Waals surface area contributed by atoms with Crippen molar-refractivity contribution >= 4 is 11.6 Å². The molecule has 0 aliphatic heterocycles. The Bertz CT molecular complexity index is 743. The maximum Gasteiger partial charge on any atom is 0.178 e. The van der Waals surface area contributed by atoms with E-state index in [0.717, 1.165) is 6.42 Å². The van der Waals surface area contributed by atoms with Crippen molar-refractivity contribution in [3.63, 3.8) is 0 Å². The molecule has 3 saturated carbocycles. The van der Waals surface area contributed by atoms with Crippen LogP contribution in [0.15, 0.2) is 23.8 Å². The lowest BCUT2D eigenvalue weighted by Crippen LogP contribution is -2.58. The molecule has 9 atom stereocenters. The minimum Gasteiger partial charge on any atom is -0.393 e. The Kier molecular flexibility index (Phi) is 4.28. The summed E-state index contributed by atoms with van der Waals surface area (Å²) in [6, 6.07) is 0. The number of fused-ring (bicyclic) bond motifs is 5. The summed E-state index contributed by atoms with van der Waals surface area (Å²) in [6.07, 6.45) is 4.39. The average molecular weight is 376 g/mol. The molecule has 0 amide bonds. The smallest absolute Gasteiger partial charge is 0.178 e. The number of aliphatic hydroxyl groups excluding tert-OH is 2. The molecule has 0 bridgehead atoms. The fraction of sp³-hybridized carbons (Fsp3) is 0.727. The molecule has 4 aliphatic carbocycles. The van der Waals surface area contributed by atoms with Gasteiger partial charge in [-0.15, -0.1) is 0 Å². The first-order valence-corrected chi connectivity index (χ1v) is 10.0. The molecule has 4 aliphatic rings. The van der Waals surface area contributed by atoms with E-state index in [-0.39, 0.29) is 47.6 Å². The van der Waals surface area contributed by atoms with E-state index in [0.29, 0.717) is 12.0 Å². The summed E-state index contributed by atoms with van der Waals surface area (Å²) >= 11 is 0. The highest BCUT2D eigenvalue weighted by Gasteiger charge is 2.65. The van der Waals surface area contributed by atoms with Gasteiger partial charge in [-0.05, 0) is 60.2 Å². The largest absolute Gasteiger partial charge is 0.393 e. The molecule has 148 valence electrons. The minimum absolute atomic E-state index is 0.0484. The standard InChI is InChI=1S/C22H29FO4/c1-11-6-14-13-8-16(23)15-7-12(25)4-5-21(15,2)20(13)17(26)9-22(14,3)19(11)18(27)10-24/h4-5,7,11,13-14,16-17,19-20,24,26H,6,8-10H2,1-3H3/t11-,13-,14-,16-,17-,19+,20+,21-,22-/m0/s1. The third-order valence-corrected chi connectivity index (χ3v) is 8.32. The maximum absolute atomic E-state index is 15.2. The van der Waals surface area contributed by atoms with Crippen LogP contribution in [-0.2, 0) is 9.59 Å². The Morgan fingerprint density at radius 3 is 2.70 bits per heavy atom. The number of allylic oxidation sites excluding steroid dienone is 4. The van der Waals surface area contributed by atoms with E-state index in [4.69, 9.17) is 0 Å². The van der Waals surface area contributed by atoms with Crippen LogP contribution in [0.3, 0.4) is 0 Å². The predicted octanol–water partition coefficient (Wildman–Crippen LogP) is 2.64. The lowest BCUT2D eigenvalue weighted by Gasteiger charge is -2.59. The first kappa shape index (κ1) is 19.0. The third kappa shape index (κ3) is 2.47. The molecule has 0 spiro atoms. The topological polar surface area (TPSA) is 74.6 Å². The predicted molar refractivity (Wildman–Crippen MR) is 98.4 cm³/mol. The van der Waals surface area contributed by atoms with Gasteiger partial charge in [-0.25, -0.2) is 4.39 Å². The van der Waals surface area contributed by atoms with Gasteiger partial charge in [0.25, 0.3) is 0 Å². The second-order valence-corrected chi connectivity index (χ2v) is 9.71. The van der Waals surface area contributed by atoms with Crippen LogP contribution in [0, 0.1) is 40.4 Å². The lowest BCUT2D eigenvalue weighted by atomic mass is 9.46. The molecular formula is C22H29FO4. The van der Waals surface area contributed by atoms with Gasteiger partial charge < -0.3 is 10.2 Å². The fourth-order valence-corrected chi connectivity index (χ4v) is 7.49. The van der Waals surface area contributed by atoms with Crippen molar-refractivity contribution < 1.29 is 24.2 Å². The summed E-state index contributed by atoms with van der Waals surface area (Å²) < 4.78 is 15.2. The van der Waals surface area contributed by atoms with Crippen LogP contribution >= 0.6 is 0 Å².